The summed E-state index contributed by atoms with van der Waals surface area (Å²) in [7, 11) is 4.26. The van der Waals surface area contributed by atoms with Gasteiger partial charge in [-0.3, -0.25) is 10.1 Å². The normalized spacial score (nSPS) is 16.3. The highest BCUT2D eigenvalue weighted by atomic mass is 16.6. The molecule has 0 radical (unpaired) electrons. The third kappa shape index (κ3) is 4.82. The van der Waals surface area contributed by atoms with Crippen LogP contribution in [0.15, 0.2) is 42.5 Å². The maximum absolute atomic E-state index is 10.7. The van der Waals surface area contributed by atoms with E-state index in [1.54, 1.807) is 12.1 Å². The Hall–Kier alpha value is -2.40. The van der Waals surface area contributed by atoms with Crippen LogP contribution in [-0.2, 0) is 19.4 Å². The molecule has 2 aromatic carbocycles. The molecule has 0 saturated heterocycles. The average Bonchev–Trinajstić information content (AvgIpc) is 2.64. The highest BCUT2D eigenvalue weighted by Gasteiger charge is 2.19. The van der Waals surface area contributed by atoms with Crippen LogP contribution in [0, 0.1) is 16.0 Å². The average molecular weight is 354 g/mol. The van der Waals surface area contributed by atoms with E-state index in [2.05, 4.69) is 31.1 Å². The molecule has 0 heterocycles. The van der Waals surface area contributed by atoms with E-state index in [1.165, 1.54) is 36.1 Å². The molecule has 0 aromatic heterocycles. The Bertz CT molecular complexity index is 756. The lowest BCUT2D eigenvalue weighted by Crippen LogP contribution is -2.21. The molecular weight excluding hydrogens is 328 g/mol. The van der Waals surface area contributed by atoms with Crippen molar-refractivity contribution in [2.24, 2.45) is 5.92 Å². The summed E-state index contributed by atoms with van der Waals surface area (Å²) >= 11 is 0. The van der Waals surface area contributed by atoms with Gasteiger partial charge in [0.1, 0.15) is 12.4 Å². The standard InChI is InChI=1S/C21H26N2O3/c1-22(2)12-11-16-3-6-19-14-21(10-7-18(19)13-16)26-15-17-4-8-20(9-5-17)23(24)25/h4-5,7-10,14,16H,3,6,11-13,15H2,1-2H3. The van der Waals surface area contributed by atoms with Gasteiger partial charge in [0, 0.05) is 12.1 Å². The molecule has 0 spiro atoms. The first kappa shape index (κ1) is 18.4. The molecule has 0 bridgehead atoms. The van der Waals surface area contributed by atoms with Crippen LogP contribution >= 0.6 is 0 Å². The maximum Gasteiger partial charge on any atom is 0.269 e. The summed E-state index contributed by atoms with van der Waals surface area (Å²) in [5.41, 5.74) is 3.87. The Morgan fingerprint density at radius 1 is 1.15 bits per heavy atom. The molecule has 2 aromatic rings. The predicted molar refractivity (Wildman–Crippen MR) is 103 cm³/mol. The van der Waals surface area contributed by atoms with Crippen molar-refractivity contribution in [1.29, 1.82) is 0 Å². The first-order valence-corrected chi connectivity index (χ1v) is 9.14. The number of fused-ring (bicyclic) bond motifs is 1. The molecule has 5 heteroatoms. The number of benzene rings is 2. The third-order valence-corrected chi connectivity index (χ3v) is 5.05. The number of rotatable bonds is 7. The Balaban J connectivity index is 1.57. The number of nitro benzene ring substituents is 1. The first-order chi connectivity index (χ1) is 12.5. The Morgan fingerprint density at radius 3 is 2.62 bits per heavy atom. The lowest BCUT2D eigenvalue weighted by molar-refractivity contribution is -0.384. The van der Waals surface area contributed by atoms with Crippen molar-refractivity contribution in [3.8, 4) is 5.75 Å². The molecule has 0 saturated carbocycles. The van der Waals surface area contributed by atoms with Crippen LogP contribution < -0.4 is 4.74 Å². The molecule has 5 nitrogen and oxygen atoms in total. The van der Waals surface area contributed by atoms with Crippen LogP contribution in [0.4, 0.5) is 5.69 Å². The van der Waals surface area contributed by atoms with E-state index in [0.717, 1.165) is 36.6 Å². The van der Waals surface area contributed by atoms with E-state index in [1.807, 2.05) is 6.07 Å². The summed E-state index contributed by atoms with van der Waals surface area (Å²) in [6.07, 6.45) is 4.77. The third-order valence-electron chi connectivity index (χ3n) is 5.05. The quantitative estimate of drug-likeness (QED) is 0.551. The number of nitro groups is 1. The van der Waals surface area contributed by atoms with Crippen molar-refractivity contribution >= 4 is 5.69 Å². The van der Waals surface area contributed by atoms with Crippen molar-refractivity contribution in [3.05, 3.63) is 69.3 Å². The minimum atomic E-state index is -0.389. The lowest BCUT2D eigenvalue weighted by Gasteiger charge is -2.26. The van der Waals surface area contributed by atoms with Crippen molar-refractivity contribution in [2.75, 3.05) is 20.6 Å². The number of hydrogen-bond donors (Lipinski definition) is 0. The fourth-order valence-corrected chi connectivity index (χ4v) is 3.46. The number of ether oxygens (including phenoxy) is 1. The van der Waals surface area contributed by atoms with Crippen LogP contribution in [0.1, 0.15) is 29.5 Å². The van der Waals surface area contributed by atoms with Crippen molar-refractivity contribution < 1.29 is 9.66 Å². The first-order valence-electron chi connectivity index (χ1n) is 9.14. The van der Waals surface area contributed by atoms with Gasteiger partial charge in [0.05, 0.1) is 4.92 Å². The Kier molecular flexibility index (Phi) is 5.89. The van der Waals surface area contributed by atoms with Crippen molar-refractivity contribution in [2.45, 2.75) is 32.3 Å². The summed E-state index contributed by atoms with van der Waals surface area (Å²) < 4.78 is 5.89. The number of nitrogens with zero attached hydrogens (tertiary/aromatic N) is 2. The second kappa shape index (κ2) is 8.32. The fourth-order valence-electron chi connectivity index (χ4n) is 3.46. The number of aryl methyl sites for hydroxylation is 1. The SMILES string of the molecule is CN(C)CCC1CCc2cc(OCc3ccc([N+](=O)[O-])cc3)ccc2C1. The van der Waals surface area contributed by atoms with Gasteiger partial charge in [-0.05, 0) is 93.2 Å². The minimum Gasteiger partial charge on any atom is -0.489 e. The monoisotopic (exact) mass is 354 g/mol. The zero-order chi connectivity index (χ0) is 18.5. The Morgan fingerprint density at radius 2 is 1.92 bits per heavy atom. The molecule has 3 rings (SSSR count). The molecule has 1 unspecified atom stereocenters. The maximum atomic E-state index is 10.7. The van der Waals surface area contributed by atoms with E-state index >= 15 is 0 Å². The molecule has 1 atom stereocenters. The fraction of sp³-hybridized carbons (Fsp3) is 0.429. The summed E-state index contributed by atoms with van der Waals surface area (Å²) in [5, 5.41) is 10.7. The summed E-state index contributed by atoms with van der Waals surface area (Å²) in [6.45, 7) is 1.57. The number of non-ortho nitro benzene ring substituents is 1. The van der Waals surface area contributed by atoms with E-state index in [9.17, 15) is 10.1 Å². The second-order valence-corrected chi connectivity index (χ2v) is 7.34. The molecule has 0 N–H and O–H groups in total. The largest absolute Gasteiger partial charge is 0.489 e. The Labute approximate surface area is 154 Å². The van der Waals surface area contributed by atoms with Crippen LogP contribution in [-0.4, -0.2) is 30.5 Å². The van der Waals surface area contributed by atoms with Gasteiger partial charge in [0.2, 0.25) is 0 Å². The van der Waals surface area contributed by atoms with Gasteiger partial charge in [0.25, 0.3) is 5.69 Å². The van der Waals surface area contributed by atoms with Crippen LogP contribution in [0.2, 0.25) is 0 Å². The highest BCUT2D eigenvalue weighted by molar-refractivity contribution is 5.38. The van der Waals surface area contributed by atoms with E-state index in [4.69, 9.17) is 4.74 Å². The lowest BCUT2D eigenvalue weighted by atomic mass is 9.82. The van der Waals surface area contributed by atoms with Gasteiger partial charge in [-0.2, -0.15) is 0 Å². The molecule has 0 aliphatic heterocycles. The zero-order valence-electron chi connectivity index (χ0n) is 15.5. The summed E-state index contributed by atoms with van der Waals surface area (Å²) in [5.74, 6) is 1.64. The molecule has 138 valence electrons. The van der Waals surface area contributed by atoms with Gasteiger partial charge in [0.15, 0.2) is 0 Å². The van der Waals surface area contributed by atoms with Crippen LogP contribution in [0.3, 0.4) is 0 Å². The van der Waals surface area contributed by atoms with Crippen molar-refractivity contribution in [1.82, 2.24) is 4.90 Å². The predicted octanol–water partition coefficient (Wildman–Crippen LogP) is 4.23. The van der Waals surface area contributed by atoms with Gasteiger partial charge in [-0.15, -0.1) is 0 Å². The molecular formula is C21H26N2O3. The summed E-state index contributed by atoms with van der Waals surface area (Å²) in [4.78, 5) is 12.6. The van der Waals surface area contributed by atoms with Crippen molar-refractivity contribution in [3.63, 3.8) is 0 Å². The topological polar surface area (TPSA) is 55.6 Å². The molecule has 0 amide bonds. The van der Waals surface area contributed by atoms with Gasteiger partial charge in [-0.25, -0.2) is 0 Å². The minimum absolute atomic E-state index is 0.103. The molecule has 1 aliphatic carbocycles. The second-order valence-electron chi connectivity index (χ2n) is 7.34. The van der Waals surface area contributed by atoms with Crippen LogP contribution in [0.5, 0.6) is 5.75 Å². The molecule has 26 heavy (non-hydrogen) atoms. The smallest absolute Gasteiger partial charge is 0.269 e. The van der Waals surface area contributed by atoms with Gasteiger partial charge in [-0.1, -0.05) is 6.07 Å². The highest BCUT2D eigenvalue weighted by Crippen LogP contribution is 2.30. The van der Waals surface area contributed by atoms with Gasteiger partial charge < -0.3 is 9.64 Å². The summed E-state index contributed by atoms with van der Waals surface area (Å²) in [6, 6.07) is 12.9. The van der Waals surface area contributed by atoms with Gasteiger partial charge >= 0.3 is 0 Å². The zero-order valence-corrected chi connectivity index (χ0v) is 15.5. The molecule has 0 fully saturated rings. The molecule has 1 aliphatic rings. The van der Waals surface area contributed by atoms with E-state index in [-0.39, 0.29) is 10.6 Å². The van der Waals surface area contributed by atoms with E-state index in [0.29, 0.717) is 6.61 Å². The van der Waals surface area contributed by atoms with E-state index < -0.39 is 0 Å². The number of hydrogen-bond acceptors (Lipinski definition) is 4. The van der Waals surface area contributed by atoms with Crippen LogP contribution in [0.25, 0.3) is 0 Å².